The van der Waals surface area contributed by atoms with Crippen molar-refractivity contribution in [2.75, 3.05) is 19.6 Å². The number of esters is 1. The number of nitrogens with two attached hydrogens (primary N) is 1. The van der Waals surface area contributed by atoms with E-state index in [9.17, 15) is 9.59 Å². The van der Waals surface area contributed by atoms with Crippen molar-refractivity contribution in [1.82, 2.24) is 4.90 Å². The summed E-state index contributed by atoms with van der Waals surface area (Å²) >= 11 is 0. The van der Waals surface area contributed by atoms with Crippen LogP contribution in [0.25, 0.3) is 0 Å². The smallest absolute Gasteiger partial charge is 0.308 e. The van der Waals surface area contributed by atoms with Crippen molar-refractivity contribution in [3.63, 3.8) is 0 Å². The Balaban J connectivity index is 0.00000256. The number of piperidine rings is 1. The average molecular weight is 445 g/mol. The lowest BCUT2D eigenvalue weighted by Gasteiger charge is -2.45. The minimum absolute atomic E-state index is 0. The van der Waals surface area contributed by atoms with Crippen molar-refractivity contribution in [2.24, 2.45) is 17.6 Å². The number of carbonyl (C=O) groups is 2. The van der Waals surface area contributed by atoms with Crippen LogP contribution in [-0.4, -0.2) is 47.4 Å². The Hall–Kier alpha value is -2.74. The summed E-state index contributed by atoms with van der Waals surface area (Å²) in [4.78, 5) is 25.8. The van der Waals surface area contributed by atoms with Crippen LogP contribution in [0.15, 0.2) is 54.6 Å². The molecular formula is C25H36N2O5. The van der Waals surface area contributed by atoms with Crippen molar-refractivity contribution in [3.05, 3.63) is 65.7 Å². The highest BCUT2D eigenvalue weighted by Crippen LogP contribution is 2.40. The highest BCUT2D eigenvalue weighted by atomic mass is 16.5. The molecule has 0 unspecified atom stereocenters. The zero-order valence-corrected chi connectivity index (χ0v) is 19.1. The fourth-order valence-electron chi connectivity index (χ4n) is 4.46. The Bertz CT molecular complexity index is 889. The first kappa shape index (κ1) is 27.3. The van der Waals surface area contributed by atoms with E-state index in [1.165, 1.54) is 12.5 Å². The van der Waals surface area contributed by atoms with E-state index >= 15 is 0 Å². The van der Waals surface area contributed by atoms with Gasteiger partial charge >= 0.3 is 5.97 Å². The number of primary amides is 1. The van der Waals surface area contributed by atoms with E-state index in [4.69, 9.17) is 10.5 Å². The Morgan fingerprint density at radius 3 is 2.44 bits per heavy atom. The van der Waals surface area contributed by atoms with Gasteiger partial charge in [0, 0.05) is 20.0 Å². The van der Waals surface area contributed by atoms with E-state index < -0.39 is 0 Å². The van der Waals surface area contributed by atoms with E-state index in [1.807, 2.05) is 48.5 Å². The lowest BCUT2D eigenvalue weighted by molar-refractivity contribution is -0.132. The number of hydrogen-bond acceptors (Lipinski definition) is 4. The van der Waals surface area contributed by atoms with Crippen LogP contribution in [0.4, 0.5) is 0 Å². The molecule has 0 radical (unpaired) electrons. The average Bonchev–Trinajstić information content (AvgIpc) is 2.71. The molecule has 1 amide bonds. The maximum Gasteiger partial charge on any atom is 0.308 e. The van der Waals surface area contributed by atoms with Crippen molar-refractivity contribution in [2.45, 2.75) is 39.0 Å². The summed E-state index contributed by atoms with van der Waals surface area (Å²) in [5.41, 5.74) is 8.03. The highest BCUT2D eigenvalue weighted by Gasteiger charge is 2.39. The highest BCUT2D eigenvalue weighted by molar-refractivity contribution is 5.77. The maximum absolute atomic E-state index is 12.1. The minimum atomic E-state index is -0.309. The summed E-state index contributed by atoms with van der Waals surface area (Å²) in [6.07, 6.45) is 1.64. The molecule has 1 aliphatic heterocycles. The van der Waals surface area contributed by atoms with Gasteiger partial charge in [0.25, 0.3) is 0 Å². The molecule has 3 atom stereocenters. The van der Waals surface area contributed by atoms with E-state index in [2.05, 4.69) is 24.8 Å². The van der Waals surface area contributed by atoms with E-state index in [0.717, 1.165) is 25.1 Å². The molecule has 6 N–H and O–H groups in total. The fraction of sp³-hybridized carbons (Fsp3) is 0.440. The normalized spacial score (nSPS) is 21.5. The number of hydrogen-bond donors (Lipinski definition) is 1. The maximum atomic E-state index is 12.1. The number of ether oxygens (including phenoxy) is 1. The predicted molar refractivity (Wildman–Crippen MR) is 125 cm³/mol. The molecule has 176 valence electrons. The fourth-order valence-corrected chi connectivity index (χ4v) is 4.46. The van der Waals surface area contributed by atoms with Crippen molar-refractivity contribution < 1.29 is 25.3 Å². The second-order valence-corrected chi connectivity index (χ2v) is 8.74. The molecule has 7 heteroatoms. The molecule has 2 aromatic carbocycles. The SMILES string of the molecule is CC(=O)Oc1cccc([C@]2(C)CCN(C[C@H](Cc3ccccc3)C(N)=O)C[C@@H]2C)c1.O.O. The summed E-state index contributed by atoms with van der Waals surface area (Å²) in [6.45, 7) is 8.42. The summed E-state index contributed by atoms with van der Waals surface area (Å²) in [7, 11) is 0. The van der Waals surface area contributed by atoms with Crippen molar-refractivity contribution >= 4 is 11.9 Å². The topological polar surface area (TPSA) is 136 Å². The molecule has 1 aliphatic rings. The van der Waals surface area contributed by atoms with Gasteiger partial charge in [-0.05, 0) is 54.0 Å². The van der Waals surface area contributed by atoms with Gasteiger partial charge in [-0.25, -0.2) is 0 Å². The van der Waals surface area contributed by atoms with Gasteiger partial charge in [-0.3, -0.25) is 9.59 Å². The second kappa shape index (κ2) is 11.8. The van der Waals surface area contributed by atoms with Crippen molar-refractivity contribution in [3.8, 4) is 5.75 Å². The molecule has 32 heavy (non-hydrogen) atoms. The van der Waals surface area contributed by atoms with Crippen LogP contribution < -0.4 is 10.5 Å². The van der Waals surface area contributed by atoms with E-state index in [1.54, 1.807) is 0 Å². The molecule has 1 saturated heterocycles. The third-order valence-corrected chi connectivity index (χ3v) is 6.53. The summed E-state index contributed by atoms with van der Waals surface area (Å²) in [5, 5.41) is 0. The van der Waals surface area contributed by atoms with Gasteiger partial charge in [0.15, 0.2) is 0 Å². The Kier molecular flexibility index (Phi) is 10.0. The number of benzene rings is 2. The first-order chi connectivity index (χ1) is 14.3. The molecule has 0 aliphatic carbocycles. The van der Waals surface area contributed by atoms with Crippen LogP contribution in [0.2, 0.25) is 0 Å². The lowest BCUT2D eigenvalue weighted by atomic mass is 9.68. The molecule has 0 aromatic heterocycles. The third-order valence-electron chi connectivity index (χ3n) is 6.53. The molecule has 0 saturated carbocycles. The van der Waals surface area contributed by atoms with E-state index in [-0.39, 0.29) is 34.2 Å². The van der Waals surface area contributed by atoms with Crippen LogP contribution in [0.5, 0.6) is 5.75 Å². The van der Waals surface area contributed by atoms with Crippen LogP contribution in [0.1, 0.15) is 38.3 Å². The van der Waals surface area contributed by atoms with Gasteiger partial charge in [-0.15, -0.1) is 0 Å². The number of nitrogens with zero attached hydrogens (tertiary/aromatic N) is 1. The summed E-state index contributed by atoms with van der Waals surface area (Å²) in [5.74, 6) is 0.220. The second-order valence-electron chi connectivity index (χ2n) is 8.74. The van der Waals surface area contributed by atoms with Crippen LogP contribution in [0, 0.1) is 11.8 Å². The standard InChI is InChI=1S/C25H32N2O3.2H2O/c1-18-16-27(17-21(24(26)29)14-20-8-5-4-6-9-20)13-12-25(18,3)22-10-7-11-23(15-22)30-19(2)28;;/h4-11,15,18,21H,12-14,16-17H2,1-3H3,(H2,26,29);2*1H2/t18-,21-,25+;;/m0../s1. The predicted octanol–water partition coefficient (Wildman–Crippen LogP) is 1.91. The minimum Gasteiger partial charge on any atom is -0.427 e. The van der Waals surface area contributed by atoms with Gasteiger partial charge < -0.3 is 26.3 Å². The molecule has 2 aromatic rings. The monoisotopic (exact) mass is 444 g/mol. The molecule has 3 rings (SSSR count). The Morgan fingerprint density at radius 1 is 1.16 bits per heavy atom. The first-order valence-corrected chi connectivity index (χ1v) is 10.6. The Labute approximate surface area is 190 Å². The van der Waals surface area contributed by atoms with E-state index in [0.29, 0.717) is 24.6 Å². The summed E-state index contributed by atoms with van der Waals surface area (Å²) in [6, 6.07) is 17.9. The Morgan fingerprint density at radius 2 is 1.84 bits per heavy atom. The summed E-state index contributed by atoms with van der Waals surface area (Å²) < 4.78 is 5.28. The van der Waals surface area contributed by atoms with Crippen LogP contribution in [0.3, 0.4) is 0 Å². The zero-order valence-electron chi connectivity index (χ0n) is 19.1. The largest absolute Gasteiger partial charge is 0.427 e. The molecule has 0 spiro atoms. The van der Waals surface area contributed by atoms with Crippen LogP contribution in [-0.2, 0) is 21.4 Å². The quantitative estimate of drug-likeness (QED) is 0.515. The van der Waals surface area contributed by atoms with Crippen LogP contribution >= 0.6 is 0 Å². The van der Waals surface area contributed by atoms with Gasteiger partial charge in [0.2, 0.25) is 5.91 Å². The zero-order chi connectivity index (χ0) is 21.7. The molecule has 1 fully saturated rings. The molecule has 7 nitrogen and oxygen atoms in total. The van der Waals surface area contributed by atoms with Gasteiger partial charge in [0.05, 0.1) is 5.92 Å². The number of carbonyl (C=O) groups excluding carboxylic acids is 2. The molecule has 0 bridgehead atoms. The number of likely N-dealkylation sites (tertiary alicyclic amines) is 1. The third kappa shape index (κ3) is 6.63. The van der Waals surface area contributed by atoms with Crippen molar-refractivity contribution in [1.29, 1.82) is 0 Å². The lowest BCUT2D eigenvalue weighted by Crippen LogP contribution is -2.49. The molecule has 1 heterocycles. The molecular weight excluding hydrogens is 408 g/mol. The van der Waals surface area contributed by atoms with Gasteiger partial charge in [0.1, 0.15) is 5.75 Å². The number of amides is 1. The number of rotatable bonds is 7. The van der Waals surface area contributed by atoms with Gasteiger partial charge in [-0.1, -0.05) is 56.3 Å². The first-order valence-electron chi connectivity index (χ1n) is 10.6. The van der Waals surface area contributed by atoms with Gasteiger partial charge in [-0.2, -0.15) is 0 Å².